The summed E-state index contributed by atoms with van der Waals surface area (Å²) in [7, 11) is 1.60. The third kappa shape index (κ3) is 4.01. The van der Waals surface area contributed by atoms with Gasteiger partial charge in [0, 0.05) is 18.4 Å². The van der Waals surface area contributed by atoms with E-state index in [4.69, 9.17) is 4.74 Å². The molecule has 26 heavy (non-hydrogen) atoms. The van der Waals surface area contributed by atoms with Crippen LogP contribution in [-0.2, 0) is 22.6 Å². The third-order valence-corrected chi connectivity index (χ3v) is 5.22. The summed E-state index contributed by atoms with van der Waals surface area (Å²) >= 11 is 1.38. The maximum absolute atomic E-state index is 12.7. The van der Waals surface area contributed by atoms with Gasteiger partial charge in [0.15, 0.2) is 0 Å². The zero-order chi connectivity index (χ0) is 18.5. The topological polar surface area (TPSA) is 84.4 Å². The predicted octanol–water partition coefficient (Wildman–Crippen LogP) is 2.63. The minimum absolute atomic E-state index is 0.0278. The first kappa shape index (κ1) is 18.3. The molecule has 3 rings (SSSR count). The molecule has 138 valence electrons. The zero-order valence-corrected chi connectivity index (χ0v) is 15.7. The lowest BCUT2D eigenvalue weighted by Gasteiger charge is -2.24. The summed E-state index contributed by atoms with van der Waals surface area (Å²) in [4.78, 5) is 26.6. The number of para-hydroxylation sites is 1. The highest BCUT2D eigenvalue weighted by Gasteiger charge is 2.36. The van der Waals surface area contributed by atoms with Crippen molar-refractivity contribution in [3.63, 3.8) is 0 Å². The molecule has 0 radical (unpaired) electrons. The van der Waals surface area contributed by atoms with Crippen molar-refractivity contribution in [2.75, 3.05) is 12.4 Å². The number of hydrogen-bond acceptors (Lipinski definition) is 6. The summed E-state index contributed by atoms with van der Waals surface area (Å²) in [5, 5.41) is 12.3. The molecule has 1 fully saturated rings. The van der Waals surface area contributed by atoms with Crippen LogP contribution in [0.15, 0.2) is 24.3 Å². The van der Waals surface area contributed by atoms with Gasteiger partial charge in [-0.2, -0.15) is 0 Å². The van der Waals surface area contributed by atoms with E-state index in [0.717, 1.165) is 23.4 Å². The number of methoxy groups -OCH3 is 1. The summed E-state index contributed by atoms with van der Waals surface area (Å²) in [5.41, 5.74) is 0.879. The van der Waals surface area contributed by atoms with Crippen LogP contribution in [0.3, 0.4) is 0 Å². The van der Waals surface area contributed by atoms with Gasteiger partial charge in [-0.15, -0.1) is 10.2 Å². The van der Waals surface area contributed by atoms with Crippen molar-refractivity contribution in [3.05, 3.63) is 34.8 Å². The van der Waals surface area contributed by atoms with Crippen molar-refractivity contribution < 1.29 is 14.3 Å². The molecule has 0 bridgehead atoms. The monoisotopic (exact) mass is 374 g/mol. The molecule has 8 heteroatoms. The second-order valence-corrected chi connectivity index (χ2v) is 7.19. The van der Waals surface area contributed by atoms with Gasteiger partial charge in [-0.1, -0.05) is 36.5 Å². The summed E-state index contributed by atoms with van der Waals surface area (Å²) < 4.78 is 5.35. The molecule has 1 atom stereocenters. The van der Waals surface area contributed by atoms with Crippen LogP contribution in [0.25, 0.3) is 0 Å². The molecular weight excluding hydrogens is 352 g/mol. The van der Waals surface area contributed by atoms with Gasteiger partial charge in [0.05, 0.1) is 13.7 Å². The Labute approximate surface area is 156 Å². The Morgan fingerprint density at radius 1 is 1.38 bits per heavy atom. The predicted molar refractivity (Wildman–Crippen MR) is 99.1 cm³/mol. The lowest BCUT2D eigenvalue weighted by Crippen LogP contribution is -2.41. The number of aryl methyl sites for hydroxylation is 1. The van der Waals surface area contributed by atoms with Crippen molar-refractivity contribution >= 4 is 28.3 Å². The summed E-state index contributed by atoms with van der Waals surface area (Å²) in [6.07, 6.45) is 2.69. The average molecular weight is 374 g/mol. The Morgan fingerprint density at radius 3 is 2.96 bits per heavy atom. The molecule has 0 unspecified atom stereocenters. The quantitative estimate of drug-likeness (QED) is 0.805. The number of benzene rings is 1. The summed E-state index contributed by atoms with van der Waals surface area (Å²) in [6, 6.07) is 7.01. The zero-order valence-electron chi connectivity index (χ0n) is 14.9. The van der Waals surface area contributed by atoms with Crippen molar-refractivity contribution in [1.29, 1.82) is 0 Å². The maximum Gasteiger partial charge on any atom is 0.249 e. The van der Waals surface area contributed by atoms with Crippen LogP contribution in [0.4, 0.5) is 5.13 Å². The van der Waals surface area contributed by atoms with Gasteiger partial charge in [-0.25, -0.2) is 0 Å². The minimum Gasteiger partial charge on any atom is -0.496 e. The number of amides is 2. The maximum atomic E-state index is 12.7. The number of nitrogens with zero attached hydrogens (tertiary/aromatic N) is 3. The Hall–Kier alpha value is -2.48. The van der Waals surface area contributed by atoms with Crippen LogP contribution in [0.2, 0.25) is 0 Å². The highest BCUT2D eigenvalue weighted by molar-refractivity contribution is 7.15. The molecule has 1 aliphatic heterocycles. The first-order valence-corrected chi connectivity index (χ1v) is 9.48. The number of carbonyl (C=O) groups excluding carboxylic acids is 2. The van der Waals surface area contributed by atoms with Gasteiger partial charge < -0.3 is 9.64 Å². The van der Waals surface area contributed by atoms with E-state index in [1.54, 1.807) is 12.0 Å². The largest absolute Gasteiger partial charge is 0.496 e. The van der Waals surface area contributed by atoms with Crippen LogP contribution >= 0.6 is 11.3 Å². The van der Waals surface area contributed by atoms with Gasteiger partial charge in [-0.05, 0) is 18.9 Å². The Balaban J connectivity index is 1.71. The Kier molecular flexibility index (Phi) is 5.82. The molecule has 1 aromatic heterocycles. The molecule has 7 nitrogen and oxygen atoms in total. The number of rotatable bonds is 7. The second kappa shape index (κ2) is 8.27. The Morgan fingerprint density at radius 2 is 2.19 bits per heavy atom. The van der Waals surface area contributed by atoms with Gasteiger partial charge in [-0.3, -0.25) is 14.9 Å². The number of carbonyl (C=O) groups is 2. The van der Waals surface area contributed by atoms with Crippen LogP contribution < -0.4 is 10.1 Å². The fourth-order valence-corrected chi connectivity index (χ4v) is 3.87. The van der Waals surface area contributed by atoms with E-state index in [0.29, 0.717) is 30.3 Å². The van der Waals surface area contributed by atoms with Gasteiger partial charge in [0.25, 0.3) is 0 Å². The normalized spacial score (nSPS) is 16.8. The van der Waals surface area contributed by atoms with Crippen LogP contribution in [0.1, 0.15) is 36.8 Å². The molecule has 1 aliphatic rings. The minimum atomic E-state index is -0.508. The van der Waals surface area contributed by atoms with E-state index in [-0.39, 0.29) is 11.8 Å². The number of ether oxygens (including phenoxy) is 1. The lowest BCUT2D eigenvalue weighted by atomic mass is 10.1. The number of hydrogen-bond donors (Lipinski definition) is 1. The molecule has 1 aromatic carbocycles. The van der Waals surface area contributed by atoms with E-state index in [2.05, 4.69) is 22.4 Å². The molecule has 2 heterocycles. The first-order chi connectivity index (χ1) is 12.6. The van der Waals surface area contributed by atoms with Crippen molar-refractivity contribution in [1.82, 2.24) is 15.1 Å². The second-order valence-electron chi connectivity index (χ2n) is 6.13. The number of aromatic nitrogens is 2. The van der Waals surface area contributed by atoms with E-state index in [1.165, 1.54) is 11.3 Å². The standard InChI is InChI=1S/C18H22N4O3S/c1-3-6-15-20-21-18(26-15)19-17(24)13-9-10-16(23)22(13)11-12-7-4-5-8-14(12)25-2/h4-5,7-8,13H,3,6,9-11H2,1-2H3,(H,19,21,24)/t13-/m1/s1. The summed E-state index contributed by atoms with van der Waals surface area (Å²) in [5.74, 6) is 0.463. The SMILES string of the molecule is CCCc1nnc(NC(=O)[C@H]2CCC(=O)N2Cc2ccccc2OC)s1. The highest BCUT2D eigenvalue weighted by atomic mass is 32.1. The van der Waals surface area contributed by atoms with Crippen LogP contribution in [0.5, 0.6) is 5.75 Å². The third-order valence-electron chi connectivity index (χ3n) is 4.32. The average Bonchev–Trinajstić information content (AvgIpc) is 3.23. The smallest absolute Gasteiger partial charge is 0.249 e. The fraction of sp³-hybridized carbons (Fsp3) is 0.444. The van der Waals surface area contributed by atoms with Crippen LogP contribution in [0, 0.1) is 0 Å². The van der Waals surface area contributed by atoms with E-state index >= 15 is 0 Å². The van der Waals surface area contributed by atoms with E-state index in [1.807, 2.05) is 24.3 Å². The van der Waals surface area contributed by atoms with Gasteiger partial charge in [0.1, 0.15) is 16.8 Å². The molecule has 2 aromatic rings. The van der Waals surface area contributed by atoms with E-state index in [9.17, 15) is 9.59 Å². The number of likely N-dealkylation sites (tertiary alicyclic amines) is 1. The molecule has 0 spiro atoms. The van der Waals surface area contributed by atoms with E-state index < -0.39 is 6.04 Å². The van der Waals surface area contributed by atoms with Crippen molar-refractivity contribution in [2.45, 2.75) is 45.2 Å². The number of anilines is 1. The molecule has 0 aliphatic carbocycles. The molecule has 1 N–H and O–H groups in total. The summed E-state index contributed by atoms with van der Waals surface area (Å²) in [6.45, 7) is 2.41. The van der Waals surface area contributed by atoms with Gasteiger partial charge >= 0.3 is 0 Å². The van der Waals surface area contributed by atoms with Crippen molar-refractivity contribution in [3.8, 4) is 5.75 Å². The Bertz CT molecular complexity index is 792. The van der Waals surface area contributed by atoms with Crippen LogP contribution in [-0.4, -0.2) is 40.1 Å². The van der Waals surface area contributed by atoms with Crippen molar-refractivity contribution in [2.24, 2.45) is 0 Å². The first-order valence-electron chi connectivity index (χ1n) is 8.67. The molecule has 2 amide bonds. The molecule has 0 saturated carbocycles. The molecular formula is C18H22N4O3S. The highest BCUT2D eigenvalue weighted by Crippen LogP contribution is 2.27. The fourth-order valence-electron chi connectivity index (χ4n) is 3.03. The molecule has 1 saturated heterocycles. The lowest BCUT2D eigenvalue weighted by molar-refractivity contribution is -0.133. The number of nitrogens with one attached hydrogen (secondary N) is 1. The van der Waals surface area contributed by atoms with Gasteiger partial charge in [0.2, 0.25) is 16.9 Å².